The second-order valence-electron chi connectivity index (χ2n) is 5.53. The molecule has 3 rings (SSSR count). The van der Waals surface area contributed by atoms with Crippen molar-refractivity contribution in [3.05, 3.63) is 64.7 Å². The van der Waals surface area contributed by atoms with Gasteiger partial charge in [0.2, 0.25) is 0 Å². The van der Waals surface area contributed by atoms with Crippen molar-refractivity contribution >= 4 is 10.8 Å². The second-order valence-corrected chi connectivity index (χ2v) is 5.53. The average molecular weight is 264 g/mol. The number of benzene rings is 1. The van der Waals surface area contributed by atoms with E-state index >= 15 is 0 Å². The van der Waals surface area contributed by atoms with Gasteiger partial charge < -0.3 is 4.98 Å². The first kappa shape index (κ1) is 12.9. The van der Waals surface area contributed by atoms with E-state index in [-0.39, 0.29) is 0 Å². The van der Waals surface area contributed by atoms with Crippen LogP contribution < -0.4 is 0 Å². The molecule has 0 spiro atoms. The fourth-order valence-corrected chi connectivity index (χ4v) is 2.90. The van der Waals surface area contributed by atoms with E-state index in [0.717, 1.165) is 18.5 Å². The van der Waals surface area contributed by atoms with Gasteiger partial charge in [-0.2, -0.15) is 0 Å². The van der Waals surface area contributed by atoms with E-state index in [1.165, 1.54) is 33.3 Å². The highest BCUT2D eigenvalue weighted by Gasteiger charge is 2.07. The van der Waals surface area contributed by atoms with E-state index in [9.17, 15) is 0 Å². The van der Waals surface area contributed by atoms with Crippen LogP contribution in [-0.4, -0.2) is 9.97 Å². The number of H-pyrrole nitrogens is 1. The topological polar surface area (TPSA) is 28.7 Å². The van der Waals surface area contributed by atoms with Crippen LogP contribution in [0.5, 0.6) is 0 Å². The molecule has 0 fully saturated rings. The first-order chi connectivity index (χ1) is 9.65. The van der Waals surface area contributed by atoms with Gasteiger partial charge in [0.1, 0.15) is 0 Å². The van der Waals surface area contributed by atoms with E-state index in [1.54, 1.807) is 0 Å². The molecular weight excluding hydrogens is 244 g/mol. The molecule has 0 aliphatic carbocycles. The number of rotatable bonds is 3. The van der Waals surface area contributed by atoms with E-state index in [2.05, 4.69) is 61.1 Å². The zero-order valence-corrected chi connectivity index (χ0v) is 12.3. The number of pyridine rings is 1. The predicted octanol–water partition coefficient (Wildman–Crippen LogP) is 4.27. The third-order valence-corrected chi connectivity index (χ3v) is 3.95. The lowest BCUT2D eigenvalue weighted by molar-refractivity contribution is 0.918. The molecule has 0 unspecified atom stereocenters. The Bertz CT molecular complexity index is 745. The van der Waals surface area contributed by atoms with Crippen molar-refractivity contribution in [1.29, 1.82) is 0 Å². The van der Waals surface area contributed by atoms with Crippen molar-refractivity contribution < 1.29 is 0 Å². The number of aromatic nitrogens is 2. The molecule has 2 heterocycles. The molecule has 2 nitrogen and oxygen atoms in total. The summed E-state index contributed by atoms with van der Waals surface area (Å²) in [6, 6.07) is 10.8. The van der Waals surface area contributed by atoms with Gasteiger partial charge in [0.15, 0.2) is 0 Å². The van der Waals surface area contributed by atoms with E-state index in [1.807, 2.05) is 6.20 Å². The Kier molecular flexibility index (Phi) is 3.31. The van der Waals surface area contributed by atoms with Crippen LogP contribution in [0.4, 0.5) is 0 Å². The fraction of sp³-hybridized carbons (Fsp3) is 0.278. The summed E-state index contributed by atoms with van der Waals surface area (Å²) in [4.78, 5) is 7.97. The Hall–Kier alpha value is -2.09. The maximum atomic E-state index is 4.58. The molecule has 0 saturated carbocycles. The van der Waals surface area contributed by atoms with Gasteiger partial charge >= 0.3 is 0 Å². The quantitative estimate of drug-likeness (QED) is 0.751. The van der Waals surface area contributed by atoms with Crippen LogP contribution >= 0.6 is 0 Å². The molecule has 0 atom stereocenters. The van der Waals surface area contributed by atoms with Crippen LogP contribution in [0.15, 0.2) is 36.5 Å². The summed E-state index contributed by atoms with van der Waals surface area (Å²) in [7, 11) is 0. The average Bonchev–Trinajstić information content (AvgIpc) is 2.84. The Morgan fingerprint density at radius 3 is 2.60 bits per heavy atom. The molecule has 0 aliphatic heterocycles. The van der Waals surface area contributed by atoms with Crippen LogP contribution in [-0.2, 0) is 12.8 Å². The van der Waals surface area contributed by atoms with Crippen molar-refractivity contribution in [2.24, 2.45) is 0 Å². The number of fused-ring (bicyclic) bond motifs is 1. The lowest BCUT2D eigenvalue weighted by Crippen LogP contribution is -1.97. The van der Waals surface area contributed by atoms with Gasteiger partial charge in [-0.05, 0) is 62.3 Å². The summed E-state index contributed by atoms with van der Waals surface area (Å²) in [5, 5.41) is 2.66. The highest BCUT2D eigenvalue weighted by molar-refractivity contribution is 5.90. The van der Waals surface area contributed by atoms with Crippen molar-refractivity contribution in [1.82, 2.24) is 9.97 Å². The molecule has 20 heavy (non-hydrogen) atoms. The Labute approximate surface area is 119 Å². The van der Waals surface area contributed by atoms with Crippen LogP contribution in [0, 0.1) is 20.8 Å². The lowest BCUT2D eigenvalue weighted by atomic mass is 9.98. The van der Waals surface area contributed by atoms with Gasteiger partial charge in [0, 0.05) is 28.7 Å². The van der Waals surface area contributed by atoms with E-state index < -0.39 is 0 Å². The summed E-state index contributed by atoms with van der Waals surface area (Å²) in [5.41, 5.74) is 6.29. The monoisotopic (exact) mass is 264 g/mol. The number of hydrogen-bond acceptors (Lipinski definition) is 1. The molecule has 3 aromatic rings. The summed E-state index contributed by atoms with van der Waals surface area (Å²) >= 11 is 0. The van der Waals surface area contributed by atoms with Crippen LogP contribution in [0.3, 0.4) is 0 Å². The Balaban J connectivity index is 1.96. The molecule has 102 valence electrons. The third-order valence-electron chi connectivity index (χ3n) is 3.95. The second kappa shape index (κ2) is 5.12. The van der Waals surface area contributed by atoms with Crippen LogP contribution in [0.1, 0.15) is 28.2 Å². The zero-order valence-electron chi connectivity index (χ0n) is 12.3. The number of nitrogens with one attached hydrogen (secondary N) is 1. The predicted molar refractivity (Wildman–Crippen MR) is 84.2 cm³/mol. The van der Waals surface area contributed by atoms with Crippen LogP contribution in [0.25, 0.3) is 10.8 Å². The van der Waals surface area contributed by atoms with E-state index in [0.29, 0.717) is 0 Å². The van der Waals surface area contributed by atoms with Crippen molar-refractivity contribution in [3.63, 3.8) is 0 Å². The van der Waals surface area contributed by atoms with E-state index in [4.69, 9.17) is 0 Å². The molecule has 0 aliphatic rings. The maximum Gasteiger partial charge on any atom is 0.0453 e. The maximum absolute atomic E-state index is 4.58. The number of aryl methyl sites for hydroxylation is 5. The lowest BCUT2D eigenvalue weighted by Gasteiger charge is -2.10. The highest BCUT2D eigenvalue weighted by Crippen LogP contribution is 2.24. The third kappa shape index (κ3) is 2.34. The molecule has 1 aromatic carbocycles. The SMILES string of the molecule is Cc1ccc(CCc2cnc(C)c3c(C)cccc23)[nH]1. The summed E-state index contributed by atoms with van der Waals surface area (Å²) in [5.74, 6) is 0. The minimum atomic E-state index is 1.02. The van der Waals surface area contributed by atoms with Crippen molar-refractivity contribution in [3.8, 4) is 0 Å². The Morgan fingerprint density at radius 2 is 1.85 bits per heavy atom. The fourth-order valence-electron chi connectivity index (χ4n) is 2.90. The summed E-state index contributed by atoms with van der Waals surface area (Å²) < 4.78 is 0. The molecule has 0 bridgehead atoms. The zero-order chi connectivity index (χ0) is 14.1. The number of nitrogens with zero attached hydrogens (tertiary/aromatic N) is 1. The van der Waals surface area contributed by atoms with Gasteiger partial charge in [-0.1, -0.05) is 18.2 Å². The Morgan fingerprint density at radius 1 is 1.00 bits per heavy atom. The minimum absolute atomic E-state index is 1.02. The van der Waals surface area contributed by atoms with Gasteiger partial charge in [-0.3, -0.25) is 4.98 Å². The summed E-state index contributed by atoms with van der Waals surface area (Å²) in [6.45, 7) is 6.35. The van der Waals surface area contributed by atoms with Crippen LogP contribution in [0.2, 0.25) is 0 Å². The first-order valence-electron chi connectivity index (χ1n) is 7.13. The molecular formula is C18H20N2. The molecule has 2 aromatic heterocycles. The minimum Gasteiger partial charge on any atom is -0.362 e. The first-order valence-corrected chi connectivity index (χ1v) is 7.13. The van der Waals surface area contributed by atoms with Gasteiger partial charge in [0.05, 0.1) is 0 Å². The molecule has 0 amide bonds. The molecule has 1 N–H and O–H groups in total. The molecule has 0 radical (unpaired) electrons. The standard InChI is InChI=1S/C18H20N2/c1-12-5-4-6-17-15(11-19-14(3)18(12)17)8-10-16-9-7-13(2)20-16/h4-7,9,11,20H,8,10H2,1-3H3. The summed E-state index contributed by atoms with van der Waals surface area (Å²) in [6.07, 6.45) is 4.09. The van der Waals surface area contributed by atoms with Gasteiger partial charge in [-0.15, -0.1) is 0 Å². The highest BCUT2D eigenvalue weighted by atomic mass is 14.7. The molecule has 2 heteroatoms. The number of aromatic amines is 1. The van der Waals surface area contributed by atoms with Crippen molar-refractivity contribution in [2.75, 3.05) is 0 Å². The van der Waals surface area contributed by atoms with Crippen molar-refractivity contribution in [2.45, 2.75) is 33.6 Å². The largest absolute Gasteiger partial charge is 0.362 e. The smallest absolute Gasteiger partial charge is 0.0453 e. The van der Waals surface area contributed by atoms with Gasteiger partial charge in [0.25, 0.3) is 0 Å². The number of hydrogen-bond donors (Lipinski definition) is 1. The van der Waals surface area contributed by atoms with Gasteiger partial charge in [-0.25, -0.2) is 0 Å². The molecule has 0 saturated heterocycles. The normalized spacial score (nSPS) is 11.2.